The first-order valence-electron chi connectivity index (χ1n) is 5.64. The number of rotatable bonds is 0. The first-order valence-corrected chi connectivity index (χ1v) is 5.64. The Balaban J connectivity index is 2.54. The lowest BCUT2D eigenvalue weighted by molar-refractivity contribution is -0.355. The smallest absolute Gasteiger partial charge is 0.207 e. The standard InChI is InChI=1S/C12H22O3/c1-8-9(2,3)10(4,5)12(7)13-11(8,6)14-15-12/h8H,1-7H3. The Morgan fingerprint density at radius 3 is 1.93 bits per heavy atom. The lowest BCUT2D eigenvalue weighted by Gasteiger charge is -2.57. The van der Waals surface area contributed by atoms with Gasteiger partial charge in [-0.3, -0.25) is 0 Å². The van der Waals surface area contributed by atoms with Crippen LogP contribution in [0.5, 0.6) is 0 Å². The Labute approximate surface area is 92.0 Å². The van der Waals surface area contributed by atoms with Gasteiger partial charge in [0.25, 0.3) is 0 Å². The highest BCUT2D eigenvalue weighted by molar-refractivity contribution is 5.06. The van der Waals surface area contributed by atoms with Crippen molar-refractivity contribution in [2.45, 2.75) is 60.0 Å². The van der Waals surface area contributed by atoms with E-state index in [1.54, 1.807) is 0 Å². The predicted octanol–water partition coefficient (Wildman–Crippen LogP) is 3.10. The van der Waals surface area contributed by atoms with Crippen LogP contribution in [0.25, 0.3) is 0 Å². The van der Waals surface area contributed by atoms with E-state index in [2.05, 4.69) is 34.6 Å². The molecule has 2 rings (SSSR count). The molecule has 2 heterocycles. The molecule has 2 aliphatic rings. The Hall–Kier alpha value is -0.120. The van der Waals surface area contributed by atoms with Gasteiger partial charge in [0.15, 0.2) is 0 Å². The van der Waals surface area contributed by atoms with Gasteiger partial charge in [-0.25, -0.2) is 0 Å². The summed E-state index contributed by atoms with van der Waals surface area (Å²) in [6.45, 7) is 15.0. The molecule has 3 unspecified atom stereocenters. The van der Waals surface area contributed by atoms with Gasteiger partial charge in [-0.15, -0.1) is 0 Å². The van der Waals surface area contributed by atoms with Gasteiger partial charge >= 0.3 is 0 Å². The van der Waals surface area contributed by atoms with E-state index in [0.717, 1.165) is 0 Å². The van der Waals surface area contributed by atoms with Crippen LogP contribution >= 0.6 is 0 Å². The molecule has 3 nitrogen and oxygen atoms in total. The van der Waals surface area contributed by atoms with E-state index in [0.29, 0.717) is 0 Å². The van der Waals surface area contributed by atoms with Gasteiger partial charge < -0.3 is 4.74 Å². The highest BCUT2D eigenvalue weighted by Gasteiger charge is 2.70. The molecule has 15 heavy (non-hydrogen) atoms. The third-order valence-corrected chi connectivity index (χ3v) is 5.38. The van der Waals surface area contributed by atoms with Crippen molar-refractivity contribution < 1.29 is 14.5 Å². The summed E-state index contributed by atoms with van der Waals surface area (Å²) in [5.74, 6) is -0.999. The van der Waals surface area contributed by atoms with Crippen molar-refractivity contribution in [3.63, 3.8) is 0 Å². The molecule has 3 atom stereocenters. The molecular weight excluding hydrogens is 192 g/mol. The fourth-order valence-electron chi connectivity index (χ4n) is 2.76. The summed E-state index contributed by atoms with van der Waals surface area (Å²) in [6.07, 6.45) is 0. The molecule has 3 heteroatoms. The maximum absolute atomic E-state index is 5.99. The van der Waals surface area contributed by atoms with Crippen LogP contribution < -0.4 is 0 Å². The molecule has 0 aliphatic carbocycles. The second-order valence-electron chi connectivity index (χ2n) is 6.30. The largest absolute Gasteiger partial charge is 0.312 e. The number of fused-ring (bicyclic) bond motifs is 2. The highest BCUT2D eigenvalue weighted by atomic mass is 17.3. The van der Waals surface area contributed by atoms with Gasteiger partial charge in [0.1, 0.15) is 0 Å². The Morgan fingerprint density at radius 1 is 0.867 bits per heavy atom. The van der Waals surface area contributed by atoms with Crippen LogP contribution in [0, 0.1) is 16.7 Å². The quantitative estimate of drug-likeness (QED) is 0.580. The minimum Gasteiger partial charge on any atom is -0.312 e. The average molecular weight is 214 g/mol. The van der Waals surface area contributed by atoms with Crippen molar-refractivity contribution >= 4 is 0 Å². The van der Waals surface area contributed by atoms with Gasteiger partial charge in [-0.1, -0.05) is 34.6 Å². The topological polar surface area (TPSA) is 27.7 Å². The zero-order chi connectivity index (χ0) is 11.7. The fraction of sp³-hybridized carbons (Fsp3) is 1.00. The number of hydrogen-bond acceptors (Lipinski definition) is 3. The van der Waals surface area contributed by atoms with Crippen LogP contribution in [0.15, 0.2) is 0 Å². The summed E-state index contributed by atoms with van der Waals surface area (Å²) >= 11 is 0. The van der Waals surface area contributed by atoms with Crippen molar-refractivity contribution in [3.05, 3.63) is 0 Å². The summed E-state index contributed by atoms with van der Waals surface area (Å²) in [6, 6.07) is 0. The summed E-state index contributed by atoms with van der Waals surface area (Å²) < 4.78 is 5.99. The SMILES string of the molecule is CC1C2(C)OOC(C)(O2)C(C)(C)C1(C)C. The molecule has 2 aliphatic heterocycles. The first kappa shape index (κ1) is 11.4. The van der Waals surface area contributed by atoms with E-state index >= 15 is 0 Å². The Morgan fingerprint density at radius 2 is 1.40 bits per heavy atom. The Kier molecular flexibility index (Phi) is 1.95. The molecule has 2 saturated heterocycles. The summed E-state index contributed by atoms with van der Waals surface area (Å²) in [4.78, 5) is 10.9. The van der Waals surface area contributed by atoms with Gasteiger partial charge in [-0.2, -0.15) is 9.78 Å². The van der Waals surface area contributed by atoms with E-state index in [4.69, 9.17) is 14.5 Å². The lowest BCUT2D eigenvalue weighted by Crippen LogP contribution is -2.62. The van der Waals surface area contributed by atoms with E-state index in [1.165, 1.54) is 0 Å². The molecule has 0 saturated carbocycles. The van der Waals surface area contributed by atoms with Crippen molar-refractivity contribution in [2.75, 3.05) is 0 Å². The van der Waals surface area contributed by atoms with Crippen LogP contribution in [0.2, 0.25) is 0 Å². The molecule has 2 fully saturated rings. The van der Waals surface area contributed by atoms with Gasteiger partial charge in [-0.05, 0) is 19.3 Å². The Bertz CT molecular complexity index is 297. The van der Waals surface area contributed by atoms with E-state index in [9.17, 15) is 0 Å². The average Bonchev–Trinajstić information content (AvgIpc) is 2.41. The monoisotopic (exact) mass is 214 g/mol. The summed E-state index contributed by atoms with van der Waals surface area (Å²) in [5, 5.41) is 0. The maximum atomic E-state index is 5.99. The zero-order valence-corrected chi connectivity index (χ0v) is 10.8. The summed E-state index contributed by atoms with van der Waals surface area (Å²) in [5.41, 5.74) is -0.0132. The van der Waals surface area contributed by atoms with Crippen LogP contribution in [0.4, 0.5) is 0 Å². The van der Waals surface area contributed by atoms with E-state index in [1.807, 2.05) is 13.8 Å². The van der Waals surface area contributed by atoms with E-state index < -0.39 is 11.6 Å². The normalized spacial score (nSPS) is 51.8. The minimum absolute atomic E-state index is 0.0885. The summed E-state index contributed by atoms with van der Waals surface area (Å²) in [7, 11) is 0. The van der Waals surface area contributed by atoms with Crippen LogP contribution in [0.1, 0.15) is 48.5 Å². The van der Waals surface area contributed by atoms with Gasteiger partial charge in [0.05, 0.1) is 0 Å². The molecule has 0 amide bonds. The van der Waals surface area contributed by atoms with Gasteiger partial charge in [0.2, 0.25) is 11.6 Å². The number of hydrogen-bond donors (Lipinski definition) is 0. The third kappa shape index (κ3) is 1.07. The van der Waals surface area contributed by atoms with Crippen molar-refractivity contribution in [1.29, 1.82) is 0 Å². The maximum Gasteiger partial charge on any atom is 0.207 e. The molecule has 0 radical (unpaired) electrons. The molecule has 0 spiro atoms. The predicted molar refractivity (Wildman–Crippen MR) is 56.8 cm³/mol. The number of ether oxygens (including phenoxy) is 1. The molecule has 0 aromatic heterocycles. The molecular formula is C12H22O3. The molecule has 88 valence electrons. The van der Waals surface area contributed by atoms with Crippen molar-refractivity contribution in [1.82, 2.24) is 0 Å². The van der Waals surface area contributed by atoms with Crippen LogP contribution in [-0.4, -0.2) is 11.6 Å². The van der Waals surface area contributed by atoms with Gasteiger partial charge in [0, 0.05) is 11.3 Å². The van der Waals surface area contributed by atoms with Crippen molar-refractivity contribution in [3.8, 4) is 0 Å². The second-order valence-corrected chi connectivity index (χ2v) is 6.30. The minimum atomic E-state index is -0.655. The molecule has 0 aromatic carbocycles. The van der Waals surface area contributed by atoms with Crippen LogP contribution in [0.3, 0.4) is 0 Å². The third-order valence-electron chi connectivity index (χ3n) is 5.38. The fourth-order valence-corrected chi connectivity index (χ4v) is 2.76. The van der Waals surface area contributed by atoms with E-state index in [-0.39, 0.29) is 16.7 Å². The van der Waals surface area contributed by atoms with Crippen LogP contribution in [-0.2, 0) is 14.5 Å². The first-order chi connectivity index (χ1) is 6.57. The second kappa shape index (κ2) is 2.58. The highest BCUT2D eigenvalue weighted by Crippen LogP contribution is 2.64. The zero-order valence-electron chi connectivity index (χ0n) is 10.8. The molecule has 2 bridgehead atoms. The van der Waals surface area contributed by atoms with Crippen molar-refractivity contribution in [2.24, 2.45) is 16.7 Å². The molecule has 0 N–H and O–H groups in total. The molecule has 0 aromatic rings. The lowest BCUT2D eigenvalue weighted by atomic mass is 9.55.